The van der Waals surface area contributed by atoms with Crippen LogP contribution in [0, 0.1) is 0 Å². The lowest BCUT2D eigenvalue weighted by Crippen LogP contribution is -2.40. The summed E-state index contributed by atoms with van der Waals surface area (Å²) in [6.45, 7) is 8.65. The molecule has 1 aliphatic rings. The first-order valence-electron chi connectivity index (χ1n) is 13.1. The SMILES string of the molecule is CC(C)(C)NC(=O)c1cccc2[nH]cc(C3CCN(CCNS(=O)(=O)c4cccc5cccnc45)CC3)c12. The number of carbonyl (C=O) groups is 1. The van der Waals surface area contributed by atoms with E-state index in [1.807, 2.05) is 57.3 Å². The number of rotatable bonds is 7. The van der Waals surface area contributed by atoms with Crippen molar-refractivity contribution < 1.29 is 13.2 Å². The number of nitrogens with one attached hydrogen (secondary N) is 3. The number of pyridine rings is 1. The molecule has 0 bridgehead atoms. The summed E-state index contributed by atoms with van der Waals surface area (Å²) >= 11 is 0. The maximum Gasteiger partial charge on any atom is 0.252 e. The standard InChI is InChI=1S/C29H35N5O3S/c1-29(2,3)33-28(35)22-9-5-10-24-26(22)23(19-31-24)20-12-16-34(17-13-20)18-15-32-38(36,37)25-11-4-7-21-8-6-14-30-27(21)25/h4-11,14,19-20,31-32H,12-13,15-18H2,1-3H3,(H,33,35). The van der Waals surface area contributed by atoms with Crippen LogP contribution in [-0.2, 0) is 10.0 Å². The highest BCUT2D eigenvalue weighted by atomic mass is 32.2. The number of benzene rings is 2. The van der Waals surface area contributed by atoms with Gasteiger partial charge >= 0.3 is 0 Å². The molecule has 0 aliphatic carbocycles. The van der Waals surface area contributed by atoms with E-state index in [-0.39, 0.29) is 16.3 Å². The number of likely N-dealkylation sites (tertiary alicyclic amines) is 1. The van der Waals surface area contributed by atoms with Crippen LogP contribution in [0.3, 0.4) is 0 Å². The van der Waals surface area contributed by atoms with Crippen molar-refractivity contribution in [2.75, 3.05) is 26.2 Å². The summed E-state index contributed by atoms with van der Waals surface area (Å²) in [4.78, 5) is 23.2. The lowest BCUT2D eigenvalue weighted by molar-refractivity contribution is 0.0921. The number of piperidine rings is 1. The van der Waals surface area contributed by atoms with Crippen LogP contribution in [0.1, 0.15) is 55.5 Å². The molecular formula is C29H35N5O3S. The van der Waals surface area contributed by atoms with E-state index in [0.717, 1.165) is 42.2 Å². The predicted octanol–water partition coefficient (Wildman–Crippen LogP) is 4.40. The number of carbonyl (C=O) groups excluding carboxylic acids is 1. The number of sulfonamides is 1. The van der Waals surface area contributed by atoms with Gasteiger partial charge in [0, 0.05) is 52.9 Å². The fourth-order valence-corrected chi connectivity index (χ4v) is 6.51. The number of fused-ring (bicyclic) bond motifs is 2. The number of H-pyrrole nitrogens is 1. The van der Waals surface area contributed by atoms with Crippen molar-refractivity contribution in [2.45, 2.75) is 50.0 Å². The van der Waals surface area contributed by atoms with Gasteiger partial charge in [-0.2, -0.15) is 0 Å². The number of amides is 1. The molecule has 1 saturated heterocycles. The zero-order valence-electron chi connectivity index (χ0n) is 22.1. The van der Waals surface area contributed by atoms with Gasteiger partial charge in [0.15, 0.2) is 0 Å². The molecule has 4 aromatic rings. The molecule has 2 aromatic heterocycles. The zero-order chi connectivity index (χ0) is 26.9. The lowest BCUT2D eigenvalue weighted by Gasteiger charge is -2.32. The van der Waals surface area contributed by atoms with Crippen LogP contribution in [-0.4, -0.2) is 60.9 Å². The third kappa shape index (κ3) is 5.60. The minimum atomic E-state index is -3.67. The highest BCUT2D eigenvalue weighted by molar-refractivity contribution is 7.89. The van der Waals surface area contributed by atoms with Crippen molar-refractivity contribution in [3.8, 4) is 0 Å². The summed E-state index contributed by atoms with van der Waals surface area (Å²) in [6, 6.07) is 14.7. The van der Waals surface area contributed by atoms with Gasteiger partial charge < -0.3 is 15.2 Å². The largest absolute Gasteiger partial charge is 0.361 e. The van der Waals surface area contributed by atoms with Gasteiger partial charge in [-0.15, -0.1) is 0 Å². The predicted molar refractivity (Wildman–Crippen MR) is 151 cm³/mol. The maximum absolute atomic E-state index is 13.0. The Morgan fingerprint density at radius 3 is 2.58 bits per heavy atom. The fourth-order valence-electron chi connectivity index (χ4n) is 5.31. The Kier molecular flexibility index (Phi) is 7.26. The molecule has 9 heteroatoms. The van der Waals surface area contributed by atoms with Crippen LogP contribution in [0.25, 0.3) is 21.8 Å². The Labute approximate surface area is 223 Å². The fraction of sp³-hybridized carbons (Fsp3) is 0.379. The van der Waals surface area contributed by atoms with E-state index in [4.69, 9.17) is 0 Å². The van der Waals surface area contributed by atoms with Crippen LogP contribution >= 0.6 is 0 Å². The third-order valence-electron chi connectivity index (χ3n) is 7.10. The topological polar surface area (TPSA) is 107 Å². The number of hydrogen-bond donors (Lipinski definition) is 3. The van der Waals surface area contributed by atoms with Crippen molar-refractivity contribution >= 4 is 37.7 Å². The normalized spacial score (nSPS) is 15.8. The van der Waals surface area contributed by atoms with Crippen molar-refractivity contribution in [1.82, 2.24) is 24.9 Å². The molecule has 0 radical (unpaired) electrons. The molecule has 0 unspecified atom stereocenters. The lowest BCUT2D eigenvalue weighted by atomic mass is 9.87. The second-order valence-corrected chi connectivity index (χ2v) is 12.8. The minimum absolute atomic E-state index is 0.0601. The van der Waals surface area contributed by atoms with E-state index in [2.05, 4.69) is 24.9 Å². The molecule has 200 valence electrons. The van der Waals surface area contributed by atoms with Gasteiger partial charge in [-0.3, -0.25) is 9.78 Å². The molecule has 1 amide bonds. The first-order chi connectivity index (χ1) is 18.1. The van der Waals surface area contributed by atoms with E-state index in [9.17, 15) is 13.2 Å². The smallest absolute Gasteiger partial charge is 0.252 e. The Morgan fingerprint density at radius 1 is 1.08 bits per heavy atom. The summed E-state index contributed by atoms with van der Waals surface area (Å²) in [5, 5.41) is 4.89. The van der Waals surface area contributed by atoms with Gasteiger partial charge in [-0.1, -0.05) is 24.3 Å². The summed E-state index contributed by atoms with van der Waals surface area (Å²) < 4.78 is 28.7. The van der Waals surface area contributed by atoms with Gasteiger partial charge in [-0.05, 0) is 82.4 Å². The van der Waals surface area contributed by atoms with E-state index in [1.165, 1.54) is 5.56 Å². The first-order valence-corrected chi connectivity index (χ1v) is 14.6. The van der Waals surface area contributed by atoms with E-state index >= 15 is 0 Å². The van der Waals surface area contributed by atoms with Gasteiger partial charge in [-0.25, -0.2) is 13.1 Å². The van der Waals surface area contributed by atoms with Gasteiger partial charge in [0.05, 0.1) is 5.52 Å². The molecule has 0 atom stereocenters. The Hall–Kier alpha value is -3.27. The van der Waals surface area contributed by atoms with Crippen LogP contribution < -0.4 is 10.0 Å². The molecule has 1 fully saturated rings. The van der Waals surface area contributed by atoms with Crippen molar-refractivity contribution in [3.63, 3.8) is 0 Å². The highest BCUT2D eigenvalue weighted by Gasteiger charge is 2.26. The molecule has 8 nitrogen and oxygen atoms in total. The van der Waals surface area contributed by atoms with Crippen LogP contribution in [0.15, 0.2) is 65.8 Å². The summed E-state index contributed by atoms with van der Waals surface area (Å²) in [5.74, 6) is 0.275. The average molecular weight is 534 g/mol. The van der Waals surface area contributed by atoms with Crippen molar-refractivity contribution in [3.05, 3.63) is 72.1 Å². The number of hydrogen-bond acceptors (Lipinski definition) is 5. The van der Waals surface area contributed by atoms with Gasteiger partial charge in [0.1, 0.15) is 4.90 Å². The molecule has 0 spiro atoms. The van der Waals surface area contributed by atoms with E-state index in [0.29, 0.717) is 30.1 Å². The molecule has 0 saturated carbocycles. The number of aromatic amines is 1. The molecule has 2 aromatic carbocycles. The van der Waals surface area contributed by atoms with Crippen LogP contribution in [0.2, 0.25) is 0 Å². The first kappa shape index (κ1) is 26.3. The molecular weight excluding hydrogens is 498 g/mol. The Balaban J connectivity index is 1.21. The van der Waals surface area contributed by atoms with E-state index in [1.54, 1.807) is 24.4 Å². The maximum atomic E-state index is 13.0. The molecule has 5 rings (SSSR count). The third-order valence-corrected chi connectivity index (χ3v) is 8.59. The number of nitrogens with zero attached hydrogens (tertiary/aromatic N) is 2. The molecule has 3 heterocycles. The monoisotopic (exact) mass is 533 g/mol. The molecule has 3 N–H and O–H groups in total. The minimum Gasteiger partial charge on any atom is -0.361 e. The second kappa shape index (κ2) is 10.5. The Bertz CT molecular complexity index is 1560. The molecule has 1 aliphatic heterocycles. The quantitative estimate of drug-likeness (QED) is 0.326. The van der Waals surface area contributed by atoms with Gasteiger partial charge in [0.25, 0.3) is 5.91 Å². The summed E-state index contributed by atoms with van der Waals surface area (Å²) in [6.07, 6.45) is 5.55. The Morgan fingerprint density at radius 2 is 1.82 bits per heavy atom. The number of aromatic nitrogens is 2. The summed E-state index contributed by atoms with van der Waals surface area (Å²) in [7, 11) is -3.67. The second-order valence-electron chi connectivity index (χ2n) is 11.0. The summed E-state index contributed by atoms with van der Waals surface area (Å²) in [5.41, 5.74) is 3.03. The van der Waals surface area contributed by atoms with Crippen LogP contribution in [0.4, 0.5) is 0 Å². The molecule has 38 heavy (non-hydrogen) atoms. The van der Waals surface area contributed by atoms with E-state index < -0.39 is 10.0 Å². The zero-order valence-corrected chi connectivity index (χ0v) is 22.9. The van der Waals surface area contributed by atoms with Gasteiger partial charge in [0.2, 0.25) is 10.0 Å². The number of para-hydroxylation sites is 1. The average Bonchev–Trinajstić information content (AvgIpc) is 3.32. The highest BCUT2D eigenvalue weighted by Crippen LogP contribution is 2.35. The van der Waals surface area contributed by atoms with Crippen LogP contribution in [0.5, 0.6) is 0 Å². The van der Waals surface area contributed by atoms with Crippen molar-refractivity contribution in [1.29, 1.82) is 0 Å². The van der Waals surface area contributed by atoms with Crippen molar-refractivity contribution in [2.24, 2.45) is 0 Å².